The summed E-state index contributed by atoms with van der Waals surface area (Å²) in [5.41, 5.74) is 0. The summed E-state index contributed by atoms with van der Waals surface area (Å²) in [7, 11) is 0. The van der Waals surface area contributed by atoms with E-state index in [2.05, 4.69) is 60.8 Å². The van der Waals surface area contributed by atoms with Gasteiger partial charge in [0.15, 0.2) is 0 Å². The Morgan fingerprint density at radius 3 is 0.870 bits per heavy atom. The van der Waals surface area contributed by atoms with E-state index in [1.165, 1.54) is 83.5 Å². The van der Waals surface area contributed by atoms with E-state index in [0.717, 1.165) is 0 Å². The van der Waals surface area contributed by atoms with E-state index in [1.54, 1.807) is 0 Å². The molecular formula is C23H36. The van der Waals surface area contributed by atoms with Crippen LogP contribution in [0.15, 0.2) is 60.8 Å². The molecule has 0 aliphatic heterocycles. The van der Waals surface area contributed by atoms with Crippen molar-refractivity contribution in [3.8, 4) is 0 Å². The van der Waals surface area contributed by atoms with E-state index in [1.807, 2.05) is 0 Å². The van der Waals surface area contributed by atoms with Gasteiger partial charge in [0.2, 0.25) is 0 Å². The second kappa shape index (κ2) is 17.1. The van der Waals surface area contributed by atoms with Gasteiger partial charge >= 0.3 is 0 Å². The van der Waals surface area contributed by atoms with Crippen LogP contribution in [0.2, 0.25) is 0 Å². The van der Waals surface area contributed by atoms with Crippen LogP contribution in [0.3, 0.4) is 0 Å². The van der Waals surface area contributed by atoms with Gasteiger partial charge < -0.3 is 0 Å². The summed E-state index contributed by atoms with van der Waals surface area (Å²) in [4.78, 5) is 0. The summed E-state index contributed by atoms with van der Waals surface area (Å²) in [6, 6.07) is 0. The second-order valence-electron chi connectivity index (χ2n) is 6.48. The first kappa shape index (κ1) is 19.7. The lowest BCUT2D eigenvalue weighted by molar-refractivity contribution is 0.547. The maximum atomic E-state index is 2.29. The minimum absolute atomic E-state index is 1.22. The van der Waals surface area contributed by atoms with Crippen molar-refractivity contribution in [1.29, 1.82) is 0 Å². The van der Waals surface area contributed by atoms with Gasteiger partial charge in [-0.3, -0.25) is 0 Å². The number of allylic oxidation sites excluding steroid dienone is 10. The molecule has 1 rings (SSSR count). The lowest BCUT2D eigenvalue weighted by Crippen LogP contribution is -1.82. The van der Waals surface area contributed by atoms with Crippen molar-refractivity contribution in [3.05, 3.63) is 60.8 Å². The van der Waals surface area contributed by atoms with Crippen LogP contribution in [0, 0.1) is 0 Å². The van der Waals surface area contributed by atoms with E-state index < -0.39 is 0 Å². The van der Waals surface area contributed by atoms with E-state index in [-0.39, 0.29) is 0 Å². The first-order chi connectivity index (χ1) is 11.5. The summed E-state index contributed by atoms with van der Waals surface area (Å²) >= 11 is 0. The molecule has 128 valence electrons. The lowest BCUT2D eigenvalue weighted by atomic mass is 10.0. The lowest BCUT2D eigenvalue weighted by Gasteiger charge is -2.02. The van der Waals surface area contributed by atoms with Gasteiger partial charge in [-0.25, -0.2) is 0 Å². The molecule has 0 saturated heterocycles. The average Bonchev–Trinajstić information content (AvgIpc) is 2.56. The topological polar surface area (TPSA) is 0 Å². The summed E-state index contributed by atoms with van der Waals surface area (Å²) < 4.78 is 0. The molecule has 0 heteroatoms. The molecule has 0 N–H and O–H groups in total. The largest absolute Gasteiger partial charge is 0.0845 e. The molecular weight excluding hydrogens is 276 g/mol. The van der Waals surface area contributed by atoms with Gasteiger partial charge in [0.1, 0.15) is 0 Å². The third-order valence-corrected chi connectivity index (χ3v) is 4.29. The molecule has 0 aromatic carbocycles. The van der Waals surface area contributed by atoms with Crippen molar-refractivity contribution in [2.75, 3.05) is 0 Å². The van der Waals surface area contributed by atoms with Crippen molar-refractivity contribution in [2.45, 2.75) is 83.5 Å². The number of hydrogen-bond acceptors (Lipinski definition) is 0. The smallest absolute Gasteiger partial charge is 0.0348 e. The van der Waals surface area contributed by atoms with Crippen molar-refractivity contribution in [2.24, 2.45) is 0 Å². The number of hydrogen-bond donors (Lipinski definition) is 0. The van der Waals surface area contributed by atoms with Crippen molar-refractivity contribution < 1.29 is 0 Å². The van der Waals surface area contributed by atoms with Crippen LogP contribution in [0.1, 0.15) is 83.5 Å². The summed E-state index contributed by atoms with van der Waals surface area (Å²) in [6.45, 7) is 0. The molecule has 0 nitrogen and oxygen atoms in total. The fourth-order valence-electron chi connectivity index (χ4n) is 2.85. The molecule has 0 bridgehead atoms. The van der Waals surface area contributed by atoms with Crippen LogP contribution in [0.25, 0.3) is 0 Å². The summed E-state index contributed by atoms with van der Waals surface area (Å²) in [5.74, 6) is 0. The van der Waals surface area contributed by atoms with Gasteiger partial charge in [-0.05, 0) is 25.7 Å². The van der Waals surface area contributed by atoms with E-state index in [9.17, 15) is 0 Å². The summed E-state index contributed by atoms with van der Waals surface area (Å²) in [5, 5.41) is 0. The molecule has 0 radical (unpaired) electrons. The van der Waals surface area contributed by atoms with Crippen LogP contribution in [0.4, 0.5) is 0 Å². The minimum atomic E-state index is 1.22. The van der Waals surface area contributed by atoms with Gasteiger partial charge in [0.05, 0.1) is 0 Å². The van der Waals surface area contributed by atoms with Gasteiger partial charge in [-0.1, -0.05) is 119 Å². The zero-order valence-electron chi connectivity index (χ0n) is 15.0. The highest BCUT2D eigenvalue weighted by atomic mass is 14.0. The van der Waals surface area contributed by atoms with Crippen molar-refractivity contribution in [3.63, 3.8) is 0 Å². The third-order valence-electron chi connectivity index (χ3n) is 4.29. The van der Waals surface area contributed by atoms with Gasteiger partial charge in [-0.15, -0.1) is 0 Å². The van der Waals surface area contributed by atoms with Crippen molar-refractivity contribution in [1.82, 2.24) is 0 Å². The Hall–Kier alpha value is -1.30. The Balaban J connectivity index is 2.27. The second-order valence-corrected chi connectivity index (χ2v) is 6.48. The Labute approximate surface area is 144 Å². The monoisotopic (exact) mass is 312 g/mol. The highest BCUT2D eigenvalue weighted by Crippen LogP contribution is 2.12. The predicted octanol–water partition coefficient (Wildman–Crippen LogP) is 7.85. The molecule has 0 saturated carbocycles. The van der Waals surface area contributed by atoms with Gasteiger partial charge in [0, 0.05) is 0 Å². The highest BCUT2D eigenvalue weighted by Gasteiger charge is 1.93. The minimum Gasteiger partial charge on any atom is -0.0845 e. The molecule has 0 unspecified atom stereocenters. The molecule has 0 fully saturated rings. The Morgan fingerprint density at radius 1 is 0.261 bits per heavy atom. The maximum Gasteiger partial charge on any atom is -0.0348 e. The normalized spacial score (nSPS) is 20.5. The fourth-order valence-corrected chi connectivity index (χ4v) is 2.85. The van der Waals surface area contributed by atoms with E-state index in [4.69, 9.17) is 0 Å². The van der Waals surface area contributed by atoms with Crippen molar-refractivity contribution >= 4 is 0 Å². The molecule has 23 heavy (non-hydrogen) atoms. The van der Waals surface area contributed by atoms with E-state index in [0.29, 0.717) is 0 Å². The molecule has 0 spiro atoms. The van der Waals surface area contributed by atoms with Crippen LogP contribution in [-0.2, 0) is 0 Å². The molecule has 0 heterocycles. The number of rotatable bonds is 0. The fraction of sp³-hybridized carbons (Fsp3) is 0.565. The molecule has 0 atom stereocenters. The van der Waals surface area contributed by atoms with Gasteiger partial charge in [-0.2, -0.15) is 0 Å². The Morgan fingerprint density at radius 2 is 0.522 bits per heavy atom. The Bertz CT molecular complexity index is 343. The van der Waals surface area contributed by atoms with Crippen LogP contribution in [-0.4, -0.2) is 0 Å². The molecule has 1 aliphatic carbocycles. The predicted molar refractivity (Wildman–Crippen MR) is 106 cm³/mol. The maximum absolute atomic E-state index is 2.29. The molecule has 1 aliphatic rings. The highest BCUT2D eigenvalue weighted by molar-refractivity contribution is 5.17. The SMILES string of the molecule is C1=CC=CC=CCCCCCCCCCCCCCC=CC=C1. The summed E-state index contributed by atoms with van der Waals surface area (Å²) in [6.07, 6.45) is 39.5. The zero-order chi connectivity index (χ0) is 16.3. The zero-order valence-corrected chi connectivity index (χ0v) is 15.0. The van der Waals surface area contributed by atoms with Crippen LogP contribution < -0.4 is 0 Å². The quantitative estimate of drug-likeness (QED) is 0.427. The van der Waals surface area contributed by atoms with E-state index >= 15 is 0 Å². The Kier molecular flexibility index (Phi) is 14.6. The first-order valence-electron chi connectivity index (χ1n) is 9.82. The van der Waals surface area contributed by atoms with Crippen LogP contribution >= 0.6 is 0 Å². The first-order valence-corrected chi connectivity index (χ1v) is 9.82. The molecule has 0 aromatic rings. The molecule has 0 amide bonds. The van der Waals surface area contributed by atoms with Gasteiger partial charge in [0.25, 0.3) is 0 Å². The molecule has 0 aromatic heterocycles. The average molecular weight is 313 g/mol. The van der Waals surface area contributed by atoms with Crippen LogP contribution in [0.5, 0.6) is 0 Å². The third kappa shape index (κ3) is 15.4. The standard InChI is InChI=1S/C23H36/c1-2-4-6-8-10-12-14-16-18-20-22-23-21-19-17-15-13-11-9-7-5-3-1/h1-10H,11-23H2.